The number of nitriles is 1. The molecular formula is C28H32N4O3. The van der Waals surface area contributed by atoms with Crippen LogP contribution < -0.4 is 0 Å². The van der Waals surface area contributed by atoms with E-state index in [-0.39, 0.29) is 24.1 Å². The van der Waals surface area contributed by atoms with E-state index in [1.54, 1.807) is 25.3 Å². The summed E-state index contributed by atoms with van der Waals surface area (Å²) in [6.45, 7) is 8.35. The number of ketones is 1. The molecule has 1 fully saturated rings. The number of Topliss-reactive ketones (excluding diaryl/α,β-unsaturated/α-hetero) is 1. The van der Waals surface area contributed by atoms with Gasteiger partial charge in [0.2, 0.25) is 0 Å². The number of rotatable bonds is 8. The summed E-state index contributed by atoms with van der Waals surface area (Å²) in [6.07, 6.45) is 5.50. The molecule has 7 heteroatoms. The van der Waals surface area contributed by atoms with Gasteiger partial charge in [-0.25, -0.2) is 0 Å². The van der Waals surface area contributed by atoms with Gasteiger partial charge >= 0.3 is 5.97 Å². The van der Waals surface area contributed by atoms with E-state index >= 15 is 0 Å². The first kappa shape index (κ1) is 24.6. The number of aromatic nitrogens is 2. The molecule has 1 aliphatic rings. The number of piperidine rings is 1. The van der Waals surface area contributed by atoms with Crippen LogP contribution >= 0.6 is 0 Å². The van der Waals surface area contributed by atoms with Crippen LogP contribution in [0.5, 0.6) is 0 Å². The normalized spacial score (nSPS) is 15.0. The molecule has 4 rings (SSSR count). The molecule has 0 N–H and O–H groups in total. The maximum absolute atomic E-state index is 13.5. The van der Waals surface area contributed by atoms with E-state index < -0.39 is 0 Å². The molecule has 0 bridgehead atoms. The van der Waals surface area contributed by atoms with Crippen molar-refractivity contribution in [2.75, 3.05) is 26.2 Å². The van der Waals surface area contributed by atoms with Crippen LogP contribution in [0.4, 0.5) is 0 Å². The summed E-state index contributed by atoms with van der Waals surface area (Å²) in [4.78, 5) is 32.6. The molecule has 182 valence electrons. The first-order chi connectivity index (χ1) is 16.9. The highest BCUT2D eigenvalue weighted by molar-refractivity contribution is 6.09. The molecular weight excluding hydrogens is 440 g/mol. The number of carbonyl (C=O) groups excluding carboxylic acids is 2. The van der Waals surface area contributed by atoms with Gasteiger partial charge in [0.15, 0.2) is 5.78 Å². The van der Waals surface area contributed by atoms with Crippen molar-refractivity contribution in [1.29, 1.82) is 5.26 Å². The molecule has 0 radical (unpaired) electrons. The number of esters is 1. The number of ether oxygens (including phenoxy) is 1. The van der Waals surface area contributed by atoms with Gasteiger partial charge in [0.05, 0.1) is 47.8 Å². The van der Waals surface area contributed by atoms with Gasteiger partial charge in [-0.15, -0.1) is 0 Å². The second-order valence-corrected chi connectivity index (χ2v) is 9.26. The van der Waals surface area contributed by atoms with E-state index in [4.69, 9.17) is 9.72 Å². The van der Waals surface area contributed by atoms with Crippen LogP contribution in [0.15, 0.2) is 36.5 Å². The van der Waals surface area contributed by atoms with Crippen LogP contribution in [0.3, 0.4) is 0 Å². The Hall–Kier alpha value is -3.50. The van der Waals surface area contributed by atoms with E-state index in [9.17, 15) is 14.9 Å². The zero-order chi connectivity index (χ0) is 24.9. The zero-order valence-corrected chi connectivity index (χ0v) is 20.7. The number of carbonyl (C=O) groups is 2. The smallest absolute Gasteiger partial charge is 0.306 e. The first-order valence-corrected chi connectivity index (χ1v) is 12.4. The van der Waals surface area contributed by atoms with Gasteiger partial charge in [0.25, 0.3) is 0 Å². The lowest BCUT2D eigenvalue weighted by atomic mass is 9.99. The topological polar surface area (TPSA) is 88.2 Å². The highest BCUT2D eigenvalue weighted by Gasteiger charge is 2.25. The third-order valence-corrected chi connectivity index (χ3v) is 6.76. The lowest BCUT2D eigenvalue weighted by molar-refractivity contribution is -0.143. The van der Waals surface area contributed by atoms with Crippen molar-refractivity contribution in [3.8, 4) is 11.8 Å². The van der Waals surface area contributed by atoms with Gasteiger partial charge < -0.3 is 9.30 Å². The second-order valence-electron chi connectivity index (χ2n) is 9.26. The molecule has 0 spiro atoms. The van der Waals surface area contributed by atoms with E-state index in [0.29, 0.717) is 29.8 Å². The number of hydrogen-bond acceptors (Lipinski definition) is 6. The van der Waals surface area contributed by atoms with Crippen molar-refractivity contribution >= 4 is 22.8 Å². The van der Waals surface area contributed by atoms with Crippen molar-refractivity contribution in [3.63, 3.8) is 0 Å². The molecule has 0 amide bonds. The Morgan fingerprint density at radius 2 is 1.89 bits per heavy atom. The predicted octanol–water partition coefficient (Wildman–Crippen LogP) is 4.93. The number of benzene rings is 1. The summed E-state index contributed by atoms with van der Waals surface area (Å²) in [6, 6.07) is 11.5. The molecule has 1 aromatic carbocycles. The van der Waals surface area contributed by atoms with Gasteiger partial charge in [-0.05, 0) is 81.6 Å². The molecule has 0 aliphatic carbocycles. The van der Waals surface area contributed by atoms with Crippen molar-refractivity contribution < 1.29 is 14.3 Å². The lowest BCUT2D eigenvalue weighted by Crippen LogP contribution is -2.34. The summed E-state index contributed by atoms with van der Waals surface area (Å²) in [5.41, 5.74) is 5.30. The van der Waals surface area contributed by atoms with E-state index in [1.165, 1.54) is 6.42 Å². The maximum Gasteiger partial charge on any atom is 0.306 e. The molecule has 1 saturated heterocycles. The Bertz CT molecular complexity index is 1260. The van der Waals surface area contributed by atoms with Crippen LogP contribution in [0, 0.1) is 18.3 Å². The fourth-order valence-electron chi connectivity index (χ4n) is 4.90. The molecule has 0 saturated carbocycles. The largest absolute Gasteiger partial charge is 0.466 e. The Labute approximate surface area is 206 Å². The fourth-order valence-corrected chi connectivity index (χ4v) is 4.90. The highest BCUT2D eigenvalue weighted by atomic mass is 16.5. The van der Waals surface area contributed by atoms with Gasteiger partial charge in [0, 0.05) is 17.6 Å². The Kier molecular flexibility index (Phi) is 7.62. The lowest BCUT2D eigenvalue weighted by Gasteiger charge is -2.25. The standard InChI is InChI=1S/C28H32N4O3/c1-4-35-26(34)14-19(2)22-15-24-28(30-17-22)27(25(33)18-31-12-6-5-7-13-31)20(3)32(24)23-10-8-21(16-29)9-11-23/h8-11,15,17,19H,4-7,12-14,18H2,1-3H3. The summed E-state index contributed by atoms with van der Waals surface area (Å²) in [5.74, 6) is -0.249. The van der Waals surface area contributed by atoms with Gasteiger partial charge in [0.1, 0.15) is 0 Å². The van der Waals surface area contributed by atoms with Crippen LogP contribution in [-0.4, -0.2) is 52.4 Å². The number of fused-ring (bicyclic) bond motifs is 1. The summed E-state index contributed by atoms with van der Waals surface area (Å²) in [5, 5.41) is 9.21. The van der Waals surface area contributed by atoms with E-state index in [2.05, 4.69) is 11.0 Å². The van der Waals surface area contributed by atoms with Crippen LogP contribution in [-0.2, 0) is 9.53 Å². The van der Waals surface area contributed by atoms with Crippen LogP contribution in [0.1, 0.15) is 72.6 Å². The molecule has 35 heavy (non-hydrogen) atoms. The summed E-state index contributed by atoms with van der Waals surface area (Å²) in [7, 11) is 0. The Morgan fingerprint density at radius 1 is 1.17 bits per heavy atom. The molecule has 3 aromatic rings. The molecule has 1 aliphatic heterocycles. The highest BCUT2D eigenvalue weighted by Crippen LogP contribution is 2.32. The van der Waals surface area contributed by atoms with E-state index in [1.807, 2.05) is 36.6 Å². The van der Waals surface area contributed by atoms with Crippen molar-refractivity contribution in [3.05, 3.63) is 58.9 Å². The minimum absolute atomic E-state index is 0.0709. The SMILES string of the molecule is CCOC(=O)CC(C)c1cnc2c(C(=O)CN3CCCCC3)c(C)n(-c3ccc(C#N)cc3)c2c1. The second kappa shape index (κ2) is 10.8. The third kappa shape index (κ3) is 5.28. The van der Waals surface area contributed by atoms with Gasteiger partial charge in [-0.1, -0.05) is 13.3 Å². The number of likely N-dealkylation sites (tertiary alicyclic amines) is 1. The monoisotopic (exact) mass is 472 g/mol. The summed E-state index contributed by atoms with van der Waals surface area (Å²) >= 11 is 0. The zero-order valence-electron chi connectivity index (χ0n) is 20.7. The Balaban J connectivity index is 1.78. The Morgan fingerprint density at radius 3 is 2.54 bits per heavy atom. The first-order valence-electron chi connectivity index (χ1n) is 12.4. The predicted molar refractivity (Wildman–Crippen MR) is 135 cm³/mol. The molecule has 3 heterocycles. The van der Waals surface area contributed by atoms with Gasteiger partial charge in [-0.3, -0.25) is 19.5 Å². The number of hydrogen-bond donors (Lipinski definition) is 0. The van der Waals surface area contributed by atoms with Crippen LogP contribution in [0.25, 0.3) is 16.7 Å². The molecule has 1 atom stereocenters. The van der Waals surface area contributed by atoms with E-state index in [0.717, 1.165) is 48.4 Å². The van der Waals surface area contributed by atoms with Crippen LogP contribution in [0.2, 0.25) is 0 Å². The molecule has 2 aromatic heterocycles. The average Bonchev–Trinajstić information content (AvgIpc) is 3.15. The quantitative estimate of drug-likeness (QED) is 0.341. The van der Waals surface area contributed by atoms with Crippen molar-refractivity contribution in [1.82, 2.24) is 14.5 Å². The van der Waals surface area contributed by atoms with Crippen molar-refractivity contribution in [2.24, 2.45) is 0 Å². The fraction of sp³-hybridized carbons (Fsp3) is 0.429. The average molecular weight is 473 g/mol. The third-order valence-electron chi connectivity index (χ3n) is 6.76. The van der Waals surface area contributed by atoms with Crippen molar-refractivity contribution in [2.45, 2.75) is 52.4 Å². The summed E-state index contributed by atoms with van der Waals surface area (Å²) < 4.78 is 7.16. The number of pyridine rings is 1. The minimum Gasteiger partial charge on any atom is -0.466 e. The minimum atomic E-state index is -0.240. The molecule has 7 nitrogen and oxygen atoms in total. The van der Waals surface area contributed by atoms with Gasteiger partial charge in [-0.2, -0.15) is 5.26 Å². The number of nitrogens with zero attached hydrogens (tertiary/aromatic N) is 4. The maximum atomic E-state index is 13.5. The molecule has 1 unspecified atom stereocenters.